The first-order valence-corrected chi connectivity index (χ1v) is 5.35. The van der Waals surface area contributed by atoms with E-state index < -0.39 is 0 Å². The molecule has 82 valence electrons. The topological polar surface area (TPSA) is 41.5 Å². The molecule has 1 heterocycles. The van der Waals surface area contributed by atoms with Gasteiger partial charge in [0.15, 0.2) is 0 Å². The Kier molecular flexibility index (Phi) is 5.63. The van der Waals surface area contributed by atoms with E-state index in [0.717, 1.165) is 5.92 Å². The Balaban J connectivity index is 0.000000337. The van der Waals surface area contributed by atoms with Gasteiger partial charge in [0.2, 0.25) is 0 Å². The predicted molar refractivity (Wildman–Crippen MR) is 63.0 cm³/mol. The van der Waals surface area contributed by atoms with Crippen LogP contribution in [0.5, 0.6) is 0 Å². The average Bonchev–Trinajstić information content (AvgIpc) is 2.32. The summed E-state index contributed by atoms with van der Waals surface area (Å²) in [6.07, 6.45) is 2.59. The van der Waals surface area contributed by atoms with E-state index in [1.54, 1.807) is 0 Å². The van der Waals surface area contributed by atoms with Crippen molar-refractivity contribution >= 4 is 0 Å². The first-order chi connectivity index (χ1) is 7.38. The van der Waals surface area contributed by atoms with Crippen LogP contribution in [0.3, 0.4) is 0 Å². The van der Waals surface area contributed by atoms with Gasteiger partial charge in [0.05, 0.1) is 7.05 Å². The third kappa shape index (κ3) is 4.21. The van der Waals surface area contributed by atoms with E-state index in [4.69, 9.17) is 4.91 Å². The summed E-state index contributed by atoms with van der Waals surface area (Å²) < 4.78 is 0. The van der Waals surface area contributed by atoms with Crippen LogP contribution in [-0.4, -0.2) is 20.1 Å². The molecule has 0 aromatic heterocycles. The van der Waals surface area contributed by atoms with E-state index in [0.29, 0.717) is 0 Å². The molecule has 0 amide bonds. The second-order valence-corrected chi connectivity index (χ2v) is 3.62. The number of hydrogen-bond donors (Lipinski definition) is 1. The molecule has 0 aliphatic carbocycles. The molecule has 0 radical (unpaired) electrons. The lowest BCUT2D eigenvalue weighted by Gasteiger charge is -2.22. The molecule has 15 heavy (non-hydrogen) atoms. The first kappa shape index (κ1) is 11.9. The maximum absolute atomic E-state index is 8.56. The van der Waals surface area contributed by atoms with Crippen molar-refractivity contribution in [3.8, 4) is 0 Å². The van der Waals surface area contributed by atoms with E-state index in [-0.39, 0.29) is 0 Å². The number of nitrogens with one attached hydrogen (secondary N) is 1. The fourth-order valence-electron chi connectivity index (χ4n) is 1.88. The second-order valence-electron chi connectivity index (χ2n) is 3.62. The van der Waals surface area contributed by atoms with Crippen molar-refractivity contribution in [1.82, 2.24) is 5.32 Å². The molecular formula is C12H18N2O. The Morgan fingerprint density at radius 3 is 2.27 bits per heavy atom. The number of rotatable bonds is 1. The summed E-state index contributed by atoms with van der Waals surface area (Å²) in [4.78, 5) is 8.56. The van der Waals surface area contributed by atoms with Crippen molar-refractivity contribution in [2.24, 2.45) is 5.18 Å². The predicted octanol–water partition coefficient (Wildman–Crippen LogP) is 2.54. The monoisotopic (exact) mass is 206 g/mol. The average molecular weight is 206 g/mol. The third-order valence-corrected chi connectivity index (χ3v) is 2.61. The molecule has 0 unspecified atom stereocenters. The quantitative estimate of drug-likeness (QED) is 0.717. The SMILES string of the molecule is CN=O.c1ccc(C2CCNCC2)cc1. The number of piperidine rings is 1. The lowest BCUT2D eigenvalue weighted by molar-refractivity contribution is 0.460. The van der Waals surface area contributed by atoms with Gasteiger partial charge in [-0.3, -0.25) is 0 Å². The lowest BCUT2D eigenvalue weighted by Crippen LogP contribution is -2.26. The maximum Gasteiger partial charge on any atom is 0.0700 e. The summed E-state index contributed by atoms with van der Waals surface area (Å²) in [6, 6.07) is 10.9. The van der Waals surface area contributed by atoms with Crippen molar-refractivity contribution in [1.29, 1.82) is 0 Å². The summed E-state index contributed by atoms with van der Waals surface area (Å²) in [7, 11) is 1.19. The highest BCUT2D eigenvalue weighted by molar-refractivity contribution is 5.19. The van der Waals surface area contributed by atoms with E-state index in [9.17, 15) is 0 Å². The molecule has 0 spiro atoms. The first-order valence-electron chi connectivity index (χ1n) is 5.35. The Hall–Kier alpha value is -1.22. The van der Waals surface area contributed by atoms with Crippen molar-refractivity contribution in [3.63, 3.8) is 0 Å². The number of nitroso groups, excluding NO2 is 1. The molecule has 1 saturated heterocycles. The molecule has 1 aliphatic rings. The molecule has 1 aromatic rings. The van der Waals surface area contributed by atoms with Crippen LogP contribution in [0.25, 0.3) is 0 Å². The summed E-state index contributed by atoms with van der Waals surface area (Å²) in [5.41, 5.74) is 1.51. The smallest absolute Gasteiger partial charge is 0.0700 e. The van der Waals surface area contributed by atoms with Gasteiger partial charge in [-0.1, -0.05) is 35.5 Å². The number of hydrogen-bond acceptors (Lipinski definition) is 3. The largest absolute Gasteiger partial charge is 0.317 e. The Labute approximate surface area is 90.9 Å². The van der Waals surface area contributed by atoms with E-state index in [2.05, 4.69) is 40.8 Å². The van der Waals surface area contributed by atoms with Gasteiger partial charge in [-0.15, -0.1) is 0 Å². The Morgan fingerprint density at radius 2 is 1.73 bits per heavy atom. The van der Waals surface area contributed by atoms with Crippen molar-refractivity contribution in [2.75, 3.05) is 20.1 Å². The molecule has 0 saturated carbocycles. The minimum absolute atomic E-state index is 0.799. The van der Waals surface area contributed by atoms with E-state index in [1.165, 1.54) is 38.5 Å². The third-order valence-electron chi connectivity index (χ3n) is 2.61. The van der Waals surface area contributed by atoms with Gasteiger partial charge in [-0.25, -0.2) is 0 Å². The van der Waals surface area contributed by atoms with Crippen LogP contribution in [-0.2, 0) is 0 Å². The van der Waals surface area contributed by atoms with Gasteiger partial charge in [0.1, 0.15) is 0 Å². The molecule has 2 rings (SSSR count). The molecule has 1 aromatic carbocycles. The van der Waals surface area contributed by atoms with E-state index >= 15 is 0 Å². The Morgan fingerprint density at radius 1 is 1.20 bits per heavy atom. The zero-order chi connectivity index (χ0) is 10.9. The summed E-state index contributed by atoms with van der Waals surface area (Å²) in [5, 5.41) is 5.63. The van der Waals surface area contributed by atoms with Gasteiger partial charge in [-0.05, 0) is 37.4 Å². The Bertz CT molecular complexity index is 268. The zero-order valence-electron chi connectivity index (χ0n) is 9.15. The van der Waals surface area contributed by atoms with Crippen molar-refractivity contribution in [3.05, 3.63) is 40.8 Å². The van der Waals surface area contributed by atoms with Gasteiger partial charge < -0.3 is 5.32 Å². The molecule has 3 nitrogen and oxygen atoms in total. The highest BCUT2D eigenvalue weighted by Gasteiger charge is 2.13. The van der Waals surface area contributed by atoms with Crippen LogP contribution in [0.15, 0.2) is 35.5 Å². The highest BCUT2D eigenvalue weighted by Crippen LogP contribution is 2.24. The second kappa shape index (κ2) is 7.12. The standard InChI is InChI=1S/C11H15N.CH3NO/c1-2-4-10(5-3-1)11-6-8-12-9-7-11;1-2-3/h1-5,11-12H,6-9H2;1H3. The van der Waals surface area contributed by atoms with Crippen molar-refractivity contribution < 1.29 is 0 Å². The van der Waals surface area contributed by atoms with Crippen LogP contribution in [0.2, 0.25) is 0 Å². The fourth-order valence-corrected chi connectivity index (χ4v) is 1.88. The number of benzene rings is 1. The number of nitrogens with zero attached hydrogens (tertiary/aromatic N) is 1. The van der Waals surface area contributed by atoms with Crippen LogP contribution in [0.4, 0.5) is 0 Å². The summed E-state index contributed by atoms with van der Waals surface area (Å²) >= 11 is 0. The minimum atomic E-state index is 0.799. The molecule has 3 heteroatoms. The van der Waals surface area contributed by atoms with Gasteiger partial charge in [-0.2, -0.15) is 4.91 Å². The molecule has 1 N–H and O–H groups in total. The molecule has 0 bridgehead atoms. The summed E-state index contributed by atoms with van der Waals surface area (Å²) in [6.45, 7) is 2.36. The van der Waals surface area contributed by atoms with E-state index in [1.807, 2.05) is 0 Å². The van der Waals surface area contributed by atoms with Gasteiger partial charge in [0, 0.05) is 0 Å². The van der Waals surface area contributed by atoms with Crippen LogP contribution in [0, 0.1) is 4.91 Å². The van der Waals surface area contributed by atoms with Gasteiger partial charge >= 0.3 is 0 Å². The fraction of sp³-hybridized carbons (Fsp3) is 0.500. The lowest BCUT2D eigenvalue weighted by atomic mass is 9.90. The van der Waals surface area contributed by atoms with Crippen molar-refractivity contribution in [2.45, 2.75) is 18.8 Å². The van der Waals surface area contributed by atoms with Crippen LogP contribution in [0.1, 0.15) is 24.3 Å². The normalized spacial score (nSPS) is 16.3. The minimum Gasteiger partial charge on any atom is -0.317 e. The molecular weight excluding hydrogens is 188 g/mol. The highest BCUT2D eigenvalue weighted by atomic mass is 16.2. The maximum atomic E-state index is 8.56. The van der Waals surface area contributed by atoms with Crippen LogP contribution < -0.4 is 5.32 Å². The molecule has 0 atom stereocenters. The molecule has 1 aliphatic heterocycles. The molecule has 1 fully saturated rings. The zero-order valence-corrected chi connectivity index (χ0v) is 9.15. The summed E-state index contributed by atoms with van der Waals surface area (Å²) in [5.74, 6) is 0.799. The van der Waals surface area contributed by atoms with Gasteiger partial charge in [0.25, 0.3) is 0 Å². The van der Waals surface area contributed by atoms with Crippen LogP contribution >= 0.6 is 0 Å².